The van der Waals surface area contributed by atoms with E-state index in [0.717, 1.165) is 45.0 Å². The molecule has 140 valence electrons. The maximum atomic E-state index is 12.8. The van der Waals surface area contributed by atoms with E-state index in [1.807, 2.05) is 23.3 Å². The normalized spacial score (nSPS) is 17.2. The first-order valence-corrected chi connectivity index (χ1v) is 9.24. The molecule has 0 saturated carbocycles. The summed E-state index contributed by atoms with van der Waals surface area (Å²) in [5, 5.41) is 0. The van der Waals surface area contributed by atoms with Crippen molar-refractivity contribution in [3.05, 3.63) is 10.4 Å². The molecule has 26 heavy (non-hydrogen) atoms. The van der Waals surface area contributed by atoms with Crippen LogP contribution >= 0.6 is 0 Å². The summed E-state index contributed by atoms with van der Waals surface area (Å²) in [5.74, 6) is 7.22. The van der Waals surface area contributed by atoms with Gasteiger partial charge in [-0.3, -0.25) is 14.3 Å². The summed E-state index contributed by atoms with van der Waals surface area (Å²) in [6.07, 6.45) is 2.02. The van der Waals surface area contributed by atoms with E-state index in [9.17, 15) is 4.79 Å². The van der Waals surface area contributed by atoms with Crippen LogP contribution < -0.4 is 21.1 Å². The van der Waals surface area contributed by atoms with Crippen molar-refractivity contribution in [1.82, 2.24) is 19.5 Å². The van der Waals surface area contributed by atoms with Gasteiger partial charge >= 0.3 is 0 Å². The summed E-state index contributed by atoms with van der Waals surface area (Å²) in [7, 11) is 0. The van der Waals surface area contributed by atoms with Crippen molar-refractivity contribution in [2.75, 3.05) is 36.0 Å². The minimum Gasteiger partial charge on any atom is -0.343 e. The molecule has 0 amide bonds. The molecule has 1 aliphatic rings. The average Bonchev–Trinajstić information content (AvgIpc) is 3.00. The fourth-order valence-corrected chi connectivity index (χ4v) is 3.43. The Morgan fingerprint density at radius 3 is 2.77 bits per heavy atom. The monoisotopic (exact) mass is 357 g/mol. The predicted octanol–water partition coefficient (Wildman–Crippen LogP) is 0.917. The van der Waals surface area contributed by atoms with Crippen molar-refractivity contribution >= 4 is 23.1 Å². The van der Waals surface area contributed by atoms with Crippen LogP contribution in [0.2, 0.25) is 0 Å². The number of aromatic amines is 1. The summed E-state index contributed by atoms with van der Waals surface area (Å²) >= 11 is 0. The second-order valence-electron chi connectivity index (χ2n) is 6.51. The number of fused-ring (bicyclic) bond motifs is 1. The topological polar surface area (TPSA) is 96.1 Å². The number of hydrogen-bond acceptors (Lipinski definition) is 6. The minimum atomic E-state index is -0.185. The van der Waals surface area contributed by atoms with Crippen molar-refractivity contribution < 1.29 is 0 Å². The third kappa shape index (κ3) is 3.40. The van der Waals surface area contributed by atoms with Crippen LogP contribution in [0, 0.1) is 11.8 Å². The van der Waals surface area contributed by atoms with Crippen LogP contribution in [0.5, 0.6) is 0 Å². The van der Waals surface area contributed by atoms with Gasteiger partial charge in [-0.1, -0.05) is 5.92 Å². The second-order valence-corrected chi connectivity index (χ2v) is 6.51. The zero-order valence-electron chi connectivity index (χ0n) is 15.7. The minimum absolute atomic E-state index is 0.117. The maximum absolute atomic E-state index is 12.8. The zero-order chi connectivity index (χ0) is 18.7. The highest BCUT2D eigenvalue weighted by Gasteiger charge is 2.24. The van der Waals surface area contributed by atoms with E-state index in [2.05, 4.69) is 26.7 Å². The van der Waals surface area contributed by atoms with Gasteiger partial charge in [0.05, 0.1) is 6.54 Å². The lowest BCUT2D eigenvalue weighted by atomic mass is 10.1. The van der Waals surface area contributed by atoms with Gasteiger partial charge in [-0.25, -0.2) is 0 Å². The molecule has 3 N–H and O–H groups in total. The highest BCUT2D eigenvalue weighted by molar-refractivity contribution is 5.75. The first kappa shape index (κ1) is 18.3. The van der Waals surface area contributed by atoms with Crippen LogP contribution in [0.25, 0.3) is 11.2 Å². The zero-order valence-corrected chi connectivity index (χ0v) is 15.7. The quantitative estimate of drug-likeness (QED) is 0.773. The molecule has 0 radical (unpaired) electrons. The van der Waals surface area contributed by atoms with Crippen LogP contribution in [-0.2, 0) is 6.54 Å². The lowest BCUT2D eigenvalue weighted by Gasteiger charge is -2.31. The fraction of sp³-hybridized carbons (Fsp3) is 0.611. The molecule has 0 aromatic carbocycles. The summed E-state index contributed by atoms with van der Waals surface area (Å²) in [6, 6.07) is 0.117. The summed E-state index contributed by atoms with van der Waals surface area (Å²) in [6.45, 7) is 9.38. The molecule has 8 heteroatoms. The average molecular weight is 357 g/mol. The standard InChI is InChI=1S/C18H27N7O/c1-4-7-11-25-14-15(20-17(22-16(14)26)23(5-2)6-3)21-18(25)24-10-8-9-13(19)12-24/h13H,5-6,8-12,19H2,1-3H3,(H,20,22,26). The summed E-state index contributed by atoms with van der Waals surface area (Å²) in [4.78, 5) is 29.2. The molecule has 0 spiro atoms. The number of aromatic nitrogens is 4. The van der Waals surface area contributed by atoms with E-state index in [0.29, 0.717) is 23.7 Å². The number of H-pyrrole nitrogens is 1. The summed E-state index contributed by atoms with van der Waals surface area (Å²) in [5.41, 5.74) is 6.89. The molecule has 1 unspecified atom stereocenters. The Balaban J connectivity index is 2.15. The number of rotatable bonds is 5. The Bertz CT molecular complexity index is 885. The van der Waals surface area contributed by atoms with Gasteiger partial charge in [0.15, 0.2) is 11.2 Å². The fourth-order valence-electron chi connectivity index (χ4n) is 3.43. The first-order valence-electron chi connectivity index (χ1n) is 9.24. The molecule has 1 saturated heterocycles. The number of hydrogen-bond donors (Lipinski definition) is 2. The Hall–Kier alpha value is -2.53. The molecular weight excluding hydrogens is 330 g/mol. The number of nitrogens with one attached hydrogen (secondary N) is 1. The number of imidazole rings is 1. The second kappa shape index (κ2) is 7.79. The molecular formula is C18H27N7O. The Morgan fingerprint density at radius 1 is 1.35 bits per heavy atom. The molecule has 1 atom stereocenters. The van der Waals surface area contributed by atoms with Crippen molar-refractivity contribution in [3.8, 4) is 11.8 Å². The first-order chi connectivity index (χ1) is 12.6. The van der Waals surface area contributed by atoms with Crippen LogP contribution in [-0.4, -0.2) is 51.7 Å². The van der Waals surface area contributed by atoms with Gasteiger partial charge in [0.2, 0.25) is 11.9 Å². The van der Waals surface area contributed by atoms with Crippen LogP contribution in [0.1, 0.15) is 33.6 Å². The van der Waals surface area contributed by atoms with Gasteiger partial charge in [-0.15, -0.1) is 5.92 Å². The van der Waals surface area contributed by atoms with Crippen LogP contribution in [0.3, 0.4) is 0 Å². The van der Waals surface area contributed by atoms with Gasteiger partial charge in [0.25, 0.3) is 5.56 Å². The Labute approximate surface area is 153 Å². The van der Waals surface area contributed by atoms with E-state index >= 15 is 0 Å². The highest BCUT2D eigenvalue weighted by atomic mass is 16.1. The molecule has 2 aromatic rings. The van der Waals surface area contributed by atoms with Crippen molar-refractivity contribution in [3.63, 3.8) is 0 Å². The van der Waals surface area contributed by atoms with Gasteiger partial charge < -0.3 is 15.5 Å². The summed E-state index contributed by atoms with van der Waals surface area (Å²) < 4.78 is 1.86. The molecule has 1 fully saturated rings. The molecule has 3 rings (SSSR count). The van der Waals surface area contributed by atoms with E-state index in [-0.39, 0.29) is 11.6 Å². The maximum Gasteiger partial charge on any atom is 0.278 e. The molecule has 3 heterocycles. The Morgan fingerprint density at radius 2 is 2.12 bits per heavy atom. The van der Waals surface area contributed by atoms with Gasteiger partial charge in [-0.2, -0.15) is 9.97 Å². The van der Waals surface area contributed by atoms with Gasteiger partial charge in [-0.05, 0) is 33.6 Å². The smallest absolute Gasteiger partial charge is 0.278 e. The van der Waals surface area contributed by atoms with Gasteiger partial charge in [0, 0.05) is 32.2 Å². The highest BCUT2D eigenvalue weighted by Crippen LogP contribution is 2.23. The number of nitrogens with zero attached hydrogens (tertiary/aromatic N) is 5. The van der Waals surface area contributed by atoms with Crippen molar-refractivity contribution in [2.45, 2.75) is 46.2 Å². The van der Waals surface area contributed by atoms with E-state index in [4.69, 9.17) is 10.7 Å². The number of piperidine rings is 1. The third-order valence-electron chi connectivity index (χ3n) is 4.80. The molecule has 8 nitrogen and oxygen atoms in total. The van der Waals surface area contributed by atoms with E-state index in [1.54, 1.807) is 6.92 Å². The largest absolute Gasteiger partial charge is 0.343 e. The Kier molecular flexibility index (Phi) is 5.47. The van der Waals surface area contributed by atoms with Gasteiger partial charge in [0.1, 0.15) is 0 Å². The molecule has 2 aromatic heterocycles. The molecule has 1 aliphatic heterocycles. The van der Waals surface area contributed by atoms with Crippen LogP contribution in [0.4, 0.5) is 11.9 Å². The number of anilines is 2. The lowest BCUT2D eigenvalue weighted by Crippen LogP contribution is -2.44. The van der Waals surface area contributed by atoms with Crippen molar-refractivity contribution in [1.29, 1.82) is 0 Å². The molecule has 0 bridgehead atoms. The van der Waals surface area contributed by atoms with Crippen LogP contribution in [0.15, 0.2) is 4.79 Å². The third-order valence-corrected chi connectivity index (χ3v) is 4.80. The predicted molar refractivity (Wildman–Crippen MR) is 105 cm³/mol. The van der Waals surface area contributed by atoms with Crippen molar-refractivity contribution in [2.24, 2.45) is 5.73 Å². The SMILES string of the molecule is CC#CCn1c(N2CCCC(N)C2)nc2nc(N(CC)CC)[nH]c(=O)c21. The molecule has 0 aliphatic carbocycles. The number of nitrogens with two attached hydrogens (primary N) is 1. The lowest BCUT2D eigenvalue weighted by molar-refractivity contribution is 0.496. The van der Waals surface area contributed by atoms with E-state index in [1.165, 1.54) is 0 Å². The van der Waals surface area contributed by atoms with E-state index < -0.39 is 0 Å².